The predicted octanol–water partition coefficient (Wildman–Crippen LogP) is 4.56. The van der Waals surface area contributed by atoms with Crippen molar-refractivity contribution in [2.24, 2.45) is 0 Å². The molecule has 0 saturated heterocycles. The average molecular weight is 348 g/mol. The fraction of sp³-hybridized carbons (Fsp3) is 0.133. The van der Waals surface area contributed by atoms with E-state index in [2.05, 4.69) is 10.1 Å². The lowest BCUT2D eigenvalue weighted by molar-refractivity contribution is -0.274. The number of rotatable bonds is 4. The lowest BCUT2D eigenvalue weighted by atomic mass is 10.1. The molecule has 8 heteroatoms. The minimum absolute atomic E-state index is 0.156. The zero-order valence-electron chi connectivity index (χ0n) is 11.5. The molecule has 1 amide bonds. The number of amides is 1. The van der Waals surface area contributed by atoms with Gasteiger partial charge < -0.3 is 10.1 Å². The molecule has 1 N–H and O–H groups in total. The number of benzene rings is 2. The second kappa shape index (κ2) is 6.87. The van der Waals surface area contributed by atoms with Crippen molar-refractivity contribution in [3.8, 4) is 5.75 Å². The Kier molecular flexibility index (Phi) is 5.10. The van der Waals surface area contributed by atoms with Gasteiger partial charge >= 0.3 is 6.36 Å². The molecule has 0 spiro atoms. The Bertz CT molecular complexity index is 702. The molecule has 0 saturated carbocycles. The number of alkyl halides is 3. The first-order valence-corrected chi connectivity index (χ1v) is 6.70. The number of nitrogens with one attached hydrogen (secondary N) is 1. The minimum atomic E-state index is -4.78. The SMILES string of the molecule is O=C(Cc1ccc(Cl)cc1F)Nc1ccc(OC(F)(F)F)cc1. The Hall–Kier alpha value is -2.28. The topological polar surface area (TPSA) is 38.3 Å². The van der Waals surface area contributed by atoms with Gasteiger partial charge in [-0.3, -0.25) is 4.79 Å². The predicted molar refractivity (Wildman–Crippen MR) is 76.9 cm³/mol. The normalized spacial score (nSPS) is 11.2. The van der Waals surface area contributed by atoms with Crippen LogP contribution in [0.3, 0.4) is 0 Å². The fourth-order valence-electron chi connectivity index (χ4n) is 1.78. The number of hydrogen-bond acceptors (Lipinski definition) is 2. The maximum atomic E-state index is 13.6. The van der Waals surface area contributed by atoms with E-state index in [1.165, 1.54) is 24.3 Å². The van der Waals surface area contributed by atoms with Crippen molar-refractivity contribution in [3.05, 3.63) is 58.9 Å². The van der Waals surface area contributed by atoms with E-state index in [1.807, 2.05) is 0 Å². The summed E-state index contributed by atoms with van der Waals surface area (Å²) < 4.78 is 53.4. The molecule has 0 heterocycles. The molecule has 3 nitrogen and oxygen atoms in total. The largest absolute Gasteiger partial charge is 0.573 e. The molecule has 2 aromatic carbocycles. The Morgan fingerprint density at radius 3 is 2.35 bits per heavy atom. The van der Waals surface area contributed by atoms with Gasteiger partial charge in [-0.15, -0.1) is 13.2 Å². The molecule has 122 valence electrons. The van der Waals surface area contributed by atoms with E-state index >= 15 is 0 Å². The summed E-state index contributed by atoms with van der Waals surface area (Å²) in [4.78, 5) is 11.8. The zero-order valence-corrected chi connectivity index (χ0v) is 12.2. The van der Waals surface area contributed by atoms with E-state index in [4.69, 9.17) is 11.6 Å². The highest BCUT2D eigenvalue weighted by Gasteiger charge is 2.30. The summed E-state index contributed by atoms with van der Waals surface area (Å²) in [5.41, 5.74) is 0.419. The van der Waals surface area contributed by atoms with Gasteiger partial charge in [-0.25, -0.2) is 4.39 Å². The van der Waals surface area contributed by atoms with Crippen LogP contribution in [0.25, 0.3) is 0 Å². The van der Waals surface area contributed by atoms with E-state index in [0.29, 0.717) is 0 Å². The number of ether oxygens (including phenoxy) is 1. The third kappa shape index (κ3) is 5.45. The van der Waals surface area contributed by atoms with Crippen molar-refractivity contribution >= 4 is 23.2 Å². The molecule has 0 bridgehead atoms. The fourth-order valence-corrected chi connectivity index (χ4v) is 1.94. The van der Waals surface area contributed by atoms with Crippen LogP contribution in [0.5, 0.6) is 5.75 Å². The van der Waals surface area contributed by atoms with Crippen molar-refractivity contribution < 1.29 is 27.1 Å². The van der Waals surface area contributed by atoms with Crippen LogP contribution in [-0.4, -0.2) is 12.3 Å². The van der Waals surface area contributed by atoms with Crippen LogP contribution < -0.4 is 10.1 Å². The standard InChI is InChI=1S/C15H10ClF4NO2/c16-10-2-1-9(13(17)8-10)7-14(22)21-11-3-5-12(6-4-11)23-15(18,19)20/h1-6,8H,7H2,(H,21,22). The van der Waals surface area contributed by atoms with Crippen molar-refractivity contribution in [3.63, 3.8) is 0 Å². The Labute approximate surface area is 133 Å². The van der Waals surface area contributed by atoms with Gasteiger partial charge in [-0.1, -0.05) is 17.7 Å². The van der Waals surface area contributed by atoms with Gasteiger partial charge in [0.05, 0.1) is 6.42 Å². The third-order valence-electron chi connectivity index (χ3n) is 2.74. The summed E-state index contributed by atoms with van der Waals surface area (Å²) in [6.45, 7) is 0. The van der Waals surface area contributed by atoms with Crippen LogP contribution >= 0.6 is 11.6 Å². The average Bonchev–Trinajstić information content (AvgIpc) is 2.42. The van der Waals surface area contributed by atoms with Gasteiger partial charge in [0.25, 0.3) is 0 Å². The number of anilines is 1. The second-order valence-corrected chi connectivity index (χ2v) is 4.97. The first kappa shape index (κ1) is 17.1. The van der Waals surface area contributed by atoms with Crippen molar-refractivity contribution in [1.82, 2.24) is 0 Å². The molecule has 2 rings (SSSR count). The number of hydrogen-bond donors (Lipinski definition) is 1. The van der Waals surface area contributed by atoms with Gasteiger partial charge in [-0.05, 0) is 42.0 Å². The lowest BCUT2D eigenvalue weighted by Crippen LogP contribution is -2.17. The molecule has 2 aromatic rings. The Balaban J connectivity index is 1.97. The minimum Gasteiger partial charge on any atom is -0.406 e. The van der Waals surface area contributed by atoms with Crippen molar-refractivity contribution in [2.75, 3.05) is 5.32 Å². The van der Waals surface area contributed by atoms with Crippen LogP contribution in [0.4, 0.5) is 23.2 Å². The van der Waals surface area contributed by atoms with Gasteiger partial charge in [0, 0.05) is 10.7 Å². The molecule has 0 aliphatic carbocycles. The van der Waals surface area contributed by atoms with Crippen LogP contribution in [-0.2, 0) is 11.2 Å². The van der Waals surface area contributed by atoms with E-state index < -0.39 is 23.8 Å². The molecule has 0 atom stereocenters. The van der Waals surface area contributed by atoms with Crippen LogP contribution in [0, 0.1) is 5.82 Å². The Morgan fingerprint density at radius 1 is 1.13 bits per heavy atom. The van der Waals surface area contributed by atoms with Crippen LogP contribution in [0.15, 0.2) is 42.5 Å². The lowest BCUT2D eigenvalue weighted by Gasteiger charge is -2.10. The molecular formula is C15H10ClF4NO2. The molecular weight excluding hydrogens is 338 g/mol. The number of carbonyl (C=O) groups excluding carboxylic acids is 1. The van der Waals surface area contributed by atoms with Crippen molar-refractivity contribution in [1.29, 1.82) is 0 Å². The van der Waals surface area contributed by atoms with E-state index in [-0.39, 0.29) is 22.7 Å². The highest BCUT2D eigenvalue weighted by Crippen LogP contribution is 2.24. The molecule has 0 aliphatic rings. The Morgan fingerprint density at radius 2 is 1.78 bits per heavy atom. The monoisotopic (exact) mass is 347 g/mol. The summed E-state index contributed by atoms with van der Waals surface area (Å²) in [6.07, 6.45) is -5.01. The van der Waals surface area contributed by atoms with E-state index in [0.717, 1.165) is 18.2 Å². The highest BCUT2D eigenvalue weighted by molar-refractivity contribution is 6.30. The van der Waals surface area contributed by atoms with Crippen LogP contribution in [0.2, 0.25) is 5.02 Å². The van der Waals surface area contributed by atoms with E-state index in [1.54, 1.807) is 0 Å². The summed E-state index contributed by atoms with van der Waals surface area (Å²) in [7, 11) is 0. The molecule has 0 aromatic heterocycles. The van der Waals surface area contributed by atoms with Gasteiger partial charge in [0.15, 0.2) is 0 Å². The second-order valence-electron chi connectivity index (χ2n) is 4.53. The summed E-state index contributed by atoms with van der Waals surface area (Å²) >= 11 is 5.61. The highest BCUT2D eigenvalue weighted by atomic mass is 35.5. The summed E-state index contributed by atoms with van der Waals surface area (Å²) in [6, 6.07) is 8.55. The van der Waals surface area contributed by atoms with Gasteiger partial charge in [-0.2, -0.15) is 0 Å². The van der Waals surface area contributed by atoms with Gasteiger partial charge in [0.1, 0.15) is 11.6 Å². The number of halogens is 5. The first-order chi connectivity index (χ1) is 10.7. The molecule has 0 radical (unpaired) electrons. The first-order valence-electron chi connectivity index (χ1n) is 6.32. The summed E-state index contributed by atoms with van der Waals surface area (Å²) in [5, 5.41) is 2.66. The number of carbonyl (C=O) groups is 1. The van der Waals surface area contributed by atoms with Crippen molar-refractivity contribution in [2.45, 2.75) is 12.8 Å². The zero-order chi connectivity index (χ0) is 17.0. The molecule has 0 fully saturated rings. The van der Waals surface area contributed by atoms with E-state index in [9.17, 15) is 22.4 Å². The van der Waals surface area contributed by atoms with Crippen LogP contribution in [0.1, 0.15) is 5.56 Å². The molecule has 0 unspecified atom stereocenters. The quantitative estimate of drug-likeness (QED) is 0.823. The third-order valence-corrected chi connectivity index (χ3v) is 2.97. The van der Waals surface area contributed by atoms with Gasteiger partial charge in [0.2, 0.25) is 5.91 Å². The summed E-state index contributed by atoms with van der Waals surface area (Å²) in [5.74, 6) is -1.53. The maximum absolute atomic E-state index is 13.6. The molecule has 0 aliphatic heterocycles. The maximum Gasteiger partial charge on any atom is 0.573 e. The smallest absolute Gasteiger partial charge is 0.406 e. The molecule has 23 heavy (non-hydrogen) atoms.